The van der Waals surface area contributed by atoms with Crippen LogP contribution in [0, 0.1) is 5.92 Å². The van der Waals surface area contributed by atoms with Crippen LogP contribution in [0.1, 0.15) is 57.1 Å². The fraction of sp³-hybridized carbons (Fsp3) is 0.567. The van der Waals surface area contributed by atoms with Crippen LogP contribution in [-0.4, -0.2) is 83.4 Å². The molecule has 39 heavy (non-hydrogen) atoms. The van der Waals surface area contributed by atoms with Crippen molar-refractivity contribution in [2.75, 3.05) is 57.9 Å². The molecule has 1 aliphatic carbocycles. The van der Waals surface area contributed by atoms with E-state index in [9.17, 15) is 9.90 Å². The summed E-state index contributed by atoms with van der Waals surface area (Å²) in [5.74, 6) is 0.651. The van der Waals surface area contributed by atoms with Gasteiger partial charge in [0.05, 0.1) is 24.4 Å². The van der Waals surface area contributed by atoms with E-state index in [0.717, 1.165) is 112 Å². The molecule has 0 saturated carbocycles. The predicted octanol–water partition coefficient (Wildman–Crippen LogP) is 4.23. The zero-order chi connectivity index (χ0) is 27.0. The Labute approximate surface area is 231 Å². The molecule has 2 saturated heterocycles. The van der Waals surface area contributed by atoms with Gasteiger partial charge in [0, 0.05) is 67.7 Å². The summed E-state index contributed by atoms with van der Waals surface area (Å²) in [6.07, 6.45) is 11.5. The number of amides is 2. The second-order valence-corrected chi connectivity index (χ2v) is 11.0. The van der Waals surface area contributed by atoms with Gasteiger partial charge in [-0.05, 0) is 74.8 Å². The maximum atomic E-state index is 13.0. The lowest BCUT2D eigenvalue weighted by atomic mass is 9.91. The minimum absolute atomic E-state index is 0.000401. The molecule has 2 fully saturated rings. The molecule has 2 amide bonds. The first-order valence-corrected chi connectivity index (χ1v) is 14.5. The number of urea groups is 1. The van der Waals surface area contributed by atoms with E-state index in [1.165, 1.54) is 5.70 Å². The highest BCUT2D eigenvalue weighted by atomic mass is 16.5. The number of fused-ring (bicyclic) bond motifs is 1. The lowest BCUT2D eigenvalue weighted by Gasteiger charge is -2.34. The molecule has 9 nitrogen and oxygen atoms in total. The minimum atomic E-state index is -0.000401. The van der Waals surface area contributed by atoms with Gasteiger partial charge in [0.15, 0.2) is 0 Å². The molecule has 3 heterocycles. The molecular weight excluding hydrogens is 492 g/mol. The molecule has 0 radical (unpaired) electrons. The van der Waals surface area contributed by atoms with E-state index >= 15 is 0 Å². The third-order valence-corrected chi connectivity index (χ3v) is 8.16. The van der Waals surface area contributed by atoms with Crippen molar-refractivity contribution in [1.29, 1.82) is 0 Å². The van der Waals surface area contributed by atoms with Crippen molar-refractivity contribution < 1.29 is 14.6 Å². The Morgan fingerprint density at radius 3 is 2.69 bits per heavy atom. The van der Waals surface area contributed by atoms with Crippen LogP contribution in [-0.2, 0) is 4.74 Å². The van der Waals surface area contributed by atoms with E-state index in [1.807, 2.05) is 4.90 Å². The predicted molar refractivity (Wildman–Crippen MR) is 153 cm³/mol. The molecule has 2 aromatic rings. The lowest BCUT2D eigenvalue weighted by molar-refractivity contribution is 0.0519. The molecule has 210 valence electrons. The van der Waals surface area contributed by atoms with Gasteiger partial charge in [-0.2, -0.15) is 0 Å². The van der Waals surface area contributed by atoms with Crippen molar-refractivity contribution in [2.45, 2.75) is 51.4 Å². The molecule has 3 aliphatic rings. The number of allylic oxidation sites excluding steroid dienone is 4. The zero-order valence-electron chi connectivity index (χ0n) is 23.1. The summed E-state index contributed by atoms with van der Waals surface area (Å²) in [6, 6.07) is 6.32. The number of aliphatic hydroxyl groups is 1. The monoisotopic (exact) mass is 534 g/mol. The molecule has 1 atom stereocenters. The van der Waals surface area contributed by atoms with Gasteiger partial charge in [-0.3, -0.25) is 0 Å². The molecule has 2 aliphatic heterocycles. The summed E-state index contributed by atoms with van der Waals surface area (Å²) in [5, 5.41) is 16.9. The van der Waals surface area contributed by atoms with E-state index in [-0.39, 0.29) is 12.6 Å². The van der Waals surface area contributed by atoms with E-state index in [4.69, 9.17) is 4.74 Å². The van der Waals surface area contributed by atoms with Crippen LogP contribution in [0.15, 0.2) is 48.1 Å². The maximum Gasteiger partial charge on any atom is 0.321 e. The number of carbonyl (C=O) groups excluding carboxylic acids is 1. The van der Waals surface area contributed by atoms with Crippen molar-refractivity contribution in [2.24, 2.45) is 5.92 Å². The first kappa shape index (κ1) is 27.4. The number of morpholine rings is 1. The van der Waals surface area contributed by atoms with Crippen molar-refractivity contribution in [1.82, 2.24) is 25.1 Å². The van der Waals surface area contributed by atoms with Crippen LogP contribution in [0.5, 0.6) is 0 Å². The highest BCUT2D eigenvalue weighted by molar-refractivity contribution is 5.84. The summed E-state index contributed by atoms with van der Waals surface area (Å²) in [7, 11) is 0. The quantitative estimate of drug-likeness (QED) is 0.414. The number of ether oxygens (including phenoxy) is 1. The number of rotatable bonds is 9. The minimum Gasteiger partial charge on any atom is -0.396 e. The highest BCUT2D eigenvalue weighted by Gasteiger charge is 2.27. The molecule has 0 spiro atoms. The number of anilines is 1. The second kappa shape index (κ2) is 13.3. The van der Waals surface area contributed by atoms with E-state index in [2.05, 4.69) is 62.8 Å². The van der Waals surface area contributed by atoms with Gasteiger partial charge in [0.2, 0.25) is 0 Å². The number of nitrogens with one attached hydrogen (secondary N) is 2. The Balaban J connectivity index is 1.13. The molecule has 3 N–H and O–H groups in total. The summed E-state index contributed by atoms with van der Waals surface area (Å²) < 4.78 is 5.46. The molecule has 0 bridgehead atoms. The van der Waals surface area contributed by atoms with Crippen LogP contribution < -0.4 is 10.6 Å². The van der Waals surface area contributed by atoms with Gasteiger partial charge in [0.1, 0.15) is 6.33 Å². The standard InChI is InChI=1S/C30H42N6O3/c1-22(20-37)3-2-12-31-25-6-9-27-28(19-25)32-21-33-29(27)23-10-13-36(14-11-23)30(38)34-24-4-7-26(8-5-24)35-15-17-39-18-16-35/h4,6-7,9,19,21-23,31,37H,2-3,5,8,10-18,20H2,1H3,(H,34,38)/t22-/m1/s1. The van der Waals surface area contributed by atoms with Gasteiger partial charge >= 0.3 is 6.03 Å². The molecule has 1 aromatic heterocycles. The number of benzene rings is 1. The van der Waals surface area contributed by atoms with Crippen LogP contribution >= 0.6 is 0 Å². The molecule has 0 unspecified atom stereocenters. The van der Waals surface area contributed by atoms with Gasteiger partial charge in [-0.1, -0.05) is 6.92 Å². The summed E-state index contributed by atoms with van der Waals surface area (Å²) in [5.41, 5.74) is 5.42. The Bertz CT molecular complexity index is 1180. The fourth-order valence-corrected chi connectivity index (χ4v) is 5.70. The molecule has 5 rings (SSSR count). The average Bonchev–Trinajstić information content (AvgIpc) is 2.99. The molecule has 1 aromatic carbocycles. The Hall–Kier alpha value is -3.17. The maximum absolute atomic E-state index is 13.0. The number of piperidine rings is 1. The van der Waals surface area contributed by atoms with Crippen molar-refractivity contribution in [3.8, 4) is 0 Å². The van der Waals surface area contributed by atoms with Gasteiger partial charge in [-0.25, -0.2) is 14.8 Å². The Kier molecular flexibility index (Phi) is 9.32. The first-order chi connectivity index (χ1) is 19.1. The third kappa shape index (κ3) is 7.08. The largest absolute Gasteiger partial charge is 0.396 e. The van der Waals surface area contributed by atoms with Crippen molar-refractivity contribution in [3.63, 3.8) is 0 Å². The van der Waals surface area contributed by atoms with Crippen LogP contribution in [0.3, 0.4) is 0 Å². The van der Waals surface area contributed by atoms with Crippen LogP contribution in [0.25, 0.3) is 10.9 Å². The summed E-state index contributed by atoms with van der Waals surface area (Å²) in [6.45, 7) is 8.09. The number of nitrogens with zero attached hydrogens (tertiary/aromatic N) is 4. The third-order valence-electron chi connectivity index (χ3n) is 8.16. The topological polar surface area (TPSA) is 103 Å². The normalized spacial score (nSPS) is 19.4. The molecular formula is C30H42N6O3. The van der Waals surface area contributed by atoms with E-state index in [1.54, 1.807) is 6.33 Å². The number of aromatic nitrogens is 2. The second-order valence-electron chi connectivity index (χ2n) is 11.0. The van der Waals surface area contributed by atoms with Crippen LogP contribution in [0.2, 0.25) is 0 Å². The van der Waals surface area contributed by atoms with Gasteiger partial charge < -0.3 is 30.3 Å². The van der Waals surface area contributed by atoms with Gasteiger partial charge in [0.25, 0.3) is 0 Å². The summed E-state index contributed by atoms with van der Waals surface area (Å²) >= 11 is 0. The SMILES string of the molecule is C[C@@H](CO)CCCNc1ccc2c(C3CCN(C(=O)NC4=CC=C(N5CCOCC5)CC4)CC3)ncnc2c1. The number of likely N-dealkylation sites (tertiary alicyclic amines) is 1. The molecule has 9 heteroatoms. The van der Waals surface area contributed by atoms with Crippen LogP contribution in [0.4, 0.5) is 10.5 Å². The van der Waals surface area contributed by atoms with E-state index < -0.39 is 0 Å². The number of hydrogen-bond acceptors (Lipinski definition) is 7. The number of hydrogen-bond donors (Lipinski definition) is 3. The average molecular weight is 535 g/mol. The van der Waals surface area contributed by atoms with Gasteiger partial charge in [-0.15, -0.1) is 0 Å². The highest BCUT2D eigenvalue weighted by Crippen LogP contribution is 2.32. The summed E-state index contributed by atoms with van der Waals surface area (Å²) in [4.78, 5) is 26.5. The first-order valence-electron chi connectivity index (χ1n) is 14.5. The Morgan fingerprint density at radius 2 is 1.95 bits per heavy atom. The van der Waals surface area contributed by atoms with Crippen molar-refractivity contribution >= 4 is 22.6 Å². The lowest BCUT2D eigenvalue weighted by Crippen LogP contribution is -2.44. The zero-order valence-corrected chi connectivity index (χ0v) is 23.1. The number of aliphatic hydroxyl groups excluding tert-OH is 1. The Morgan fingerprint density at radius 1 is 1.13 bits per heavy atom. The smallest absolute Gasteiger partial charge is 0.321 e. The van der Waals surface area contributed by atoms with Crippen molar-refractivity contribution in [3.05, 3.63) is 53.8 Å². The number of carbonyl (C=O) groups is 1. The fourth-order valence-electron chi connectivity index (χ4n) is 5.70. The van der Waals surface area contributed by atoms with E-state index in [0.29, 0.717) is 11.8 Å².